The van der Waals surface area contributed by atoms with Crippen LogP contribution in [0.5, 0.6) is 11.5 Å². The highest BCUT2D eigenvalue weighted by Gasteiger charge is 2.34. The van der Waals surface area contributed by atoms with Gasteiger partial charge in [-0.1, -0.05) is 18.2 Å². The van der Waals surface area contributed by atoms with Crippen LogP contribution in [0.3, 0.4) is 0 Å². The number of Topliss-reactive ketones (excluding diaryl/α,β-unsaturated/α-hetero) is 1. The number of hydrogen-bond donors (Lipinski definition) is 0. The Bertz CT molecular complexity index is 832. The van der Waals surface area contributed by atoms with Gasteiger partial charge in [0.25, 0.3) is 0 Å². The van der Waals surface area contributed by atoms with Crippen molar-refractivity contribution in [3.63, 3.8) is 0 Å². The van der Waals surface area contributed by atoms with Gasteiger partial charge in [-0.05, 0) is 49.2 Å². The lowest BCUT2D eigenvalue weighted by molar-refractivity contribution is -0.150. The average molecular weight is 381 g/mol. The summed E-state index contributed by atoms with van der Waals surface area (Å²) in [5.74, 6) is 0.652. The summed E-state index contributed by atoms with van der Waals surface area (Å²) in [5.41, 5.74) is 0.527. The molecule has 0 N–H and O–H groups in total. The van der Waals surface area contributed by atoms with Crippen molar-refractivity contribution in [2.75, 3.05) is 13.7 Å². The molecule has 0 aromatic heterocycles. The third-order valence-electron chi connectivity index (χ3n) is 4.77. The third-order valence-corrected chi connectivity index (χ3v) is 4.77. The van der Waals surface area contributed by atoms with E-state index >= 15 is 0 Å². The van der Waals surface area contributed by atoms with Gasteiger partial charge in [-0.15, -0.1) is 0 Å². The number of rotatable bonds is 7. The van der Waals surface area contributed by atoms with Crippen molar-refractivity contribution in [3.8, 4) is 11.5 Å². The van der Waals surface area contributed by atoms with Gasteiger partial charge >= 0.3 is 5.97 Å². The summed E-state index contributed by atoms with van der Waals surface area (Å²) >= 11 is 0. The lowest BCUT2D eigenvalue weighted by Crippen LogP contribution is -2.41. The van der Waals surface area contributed by atoms with E-state index in [0.29, 0.717) is 24.3 Å². The Morgan fingerprint density at radius 2 is 1.64 bits per heavy atom. The van der Waals surface area contributed by atoms with Crippen molar-refractivity contribution < 1.29 is 23.9 Å². The van der Waals surface area contributed by atoms with E-state index in [-0.39, 0.29) is 24.5 Å². The van der Waals surface area contributed by atoms with Crippen LogP contribution in [0, 0.1) is 0 Å². The summed E-state index contributed by atoms with van der Waals surface area (Å²) in [6, 6.07) is 15.7. The smallest absolute Gasteiger partial charge is 0.328 e. The van der Waals surface area contributed by atoms with E-state index in [1.807, 2.05) is 30.3 Å². The van der Waals surface area contributed by atoms with Gasteiger partial charge in [-0.25, -0.2) is 4.79 Å². The molecule has 3 rings (SSSR count). The van der Waals surface area contributed by atoms with Gasteiger partial charge in [0.1, 0.15) is 17.5 Å². The highest BCUT2D eigenvalue weighted by atomic mass is 16.5. The number of ketones is 1. The molecule has 2 aromatic rings. The molecule has 0 bridgehead atoms. The molecule has 0 saturated carbocycles. The normalized spacial score (nSPS) is 15.9. The number of ether oxygens (including phenoxy) is 2. The zero-order chi connectivity index (χ0) is 19.9. The number of esters is 1. The summed E-state index contributed by atoms with van der Waals surface area (Å²) in [7, 11) is 1.32. The summed E-state index contributed by atoms with van der Waals surface area (Å²) in [4.78, 5) is 38.1. The second kappa shape index (κ2) is 9.17. The Morgan fingerprint density at radius 1 is 0.964 bits per heavy atom. The Kier molecular flexibility index (Phi) is 6.42. The van der Waals surface area contributed by atoms with Gasteiger partial charge in [-0.2, -0.15) is 0 Å². The van der Waals surface area contributed by atoms with Gasteiger partial charge < -0.3 is 14.4 Å². The van der Waals surface area contributed by atoms with Crippen LogP contribution in [0.25, 0.3) is 0 Å². The lowest BCUT2D eigenvalue weighted by atomic mass is 10.1. The van der Waals surface area contributed by atoms with Crippen LogP contribution in [-0.4, -0.2) is 42.3 Å². The van der Waals surface area contributed by atoms with Crippen LogP contribution in [0.15, 0.2) is 54.6 Å². The van der Waals surface area contributed by atoms with E-state index in [4.69, 9.17) is 9.47 Å². The summed E-state index contributed by atoms with van der Waals surface area (Å²) in [6.07, 6.45) is 1.55. The number of nitrogens with zero attached hydrogens (tertiary/aromatic N) is 1. The van der Waals surface area contributed by atoms with Gasteiger partial charge in [0.05, 0.1) is 7.11 Å². The minimum atomic E-state index is -0.526. The first-order chi connectivity index (χ1) is 13.6. The third kappa shape index (κ3) is 4.76. The van der Waals surface area contributed by atoms with Gasteiger partial charge in [0, 0.05) is 24.9 Å². The van der Waals surface area contributed by atoms with Crippen LogP contribution in [0.1, 0.15) is 36.0 Å². The molecule has 0 spiro atoms. The maximum absolute atomic E-state index is 12.4. The molecule has 0 unspecified atom stereocenters. The summed E-state index contributed by atoms with van der Waals surface area (Å²) < 4.78 is 10.5. The van der Waals surface area contributed by atoms with Crippen LogP contribution in [-0.2, 0) is 14.3 Å². The largest absolute Gasteiger partial charge is 0.467 e. The minimum Gasteiger partial charge on any atom is -0.467 e. The number of benzene rings is 2. The molecule has 146 valence electrons. The average Bonchev–Trinajstić information content (AvgIpc) is 3.22. The van der Waals surface area contributed by atoms with Crippen LogP contribution in [0.4, 0.5) is 0 Å². The summed E-state index contributed by atoms with van der Waals surface area (Å²) in [6.45, 7) is 0.526. The molecule has 1 atom stereocenters. The zero-order valence-corrected chi connectivity index (χ0v) is 15.8. The minimum absolute atomic E-state index is 0.0780. The maximum atomic E-state index is 12.4. The second-order valence-corrected chi connectivity index (χ2v) is 6.63. The maximum Gasteiger partial charge on any atom is 0.328 e. The molecular weight excluding hydrogens is 358 g/mol. The number of carbonyl (C=O) groups excluding carboxylic acids is 3. The predicted octanol–water partition coefficient (Wildman–Crippen LogP) is 3.61. The quantitative estimate of drug-likeness (QED) is 0.541. The van der Waals surface area contributed by atoms with E-state index in [1.165, 1.54) is 12.0 Å². The van der Waals surface area contributed by atoms with Gasteiger partial charge in [-0.3, -0.25) is 9.59 Å². The number of para-hydroxylation sites is 1. The Balaban J connectivity index is 1.53. The van der Waals surface area contributed by atoms with Crippen molar-refractivity contribution in [1.82, 2.24) is 4.90 Å². The molecule has 1 aliphatic rings. The van der Waals surface area contributed by atoms with E-state index in [1.54, 1.807) is 24.3 Å². The van der Waals surface area contributed by atoms with Crippen LogP contribution >= 0.6 is 0 Å². The van der Waals surface area contributed by atoms with E-state index in [2.05, 4.69) is 0 Å². The second-order valence-electron chi connectivity index (χ2n) is 6.63. The van der Waals surface area contributed by atoms with E-state index in [9.17, 15) is 14.4 Å². The van der Waals surface area contributed by atoms with E-state index in [0.717, 1.165) is 12.2 Å². The molecule has 0 aliphatic carbocycles. The monoisotopic (exact) mass is 381 g/mol. The van der Waals surface area contributed by atoms with Crippen molar-refractivity contribution in [1.29, 1.82) is 0 Å². The molecule has 6 heteroatoms. The topological polar surface area (TPSA) is 72.9 Å². The van der Waals surface area contributed by atoms with E-state index < -0.39 is 12.0 Å². The lowest BCUT2D eigenvalue weighted by Gasteiger charge is -2.22. The number of amides is 1. The zero-order valence-electron chi connectivity index (χ0n) is 15.8. The molecular formula is C22H23NO5. The Hall–Kier alpha value is -3.15. The molecule has 2 aromatic carbocycles. The first-order valence-electron chi connectivity index (χ1n) is 9.32. The summed E-state index contributed by atoms with van der Waals surface area (Å²) in [5, 5.41) is 0. The fourth-order valence-corrected chi connectivity index (χ4v) is 3.29. The Labute approximate surface area is 164 Å². The molecule has 1 fully saturated rings. The number of methoxy groups -OCH3 is 1. The highest BCUT2D eigenvalue weighted by Crippen LogP contribution is 2.23. The van der Waals surface area contributed by atoms with Crippen LogP contribution < -0.4 is 4.74 Å². The van der Waals surface area contributed by atoms with Gasteiger partial charge in [0.2, 0.25) is 5.91 Å². The van der Waals surface area contributed by atoms with Crippen LogP contribution in [0.2, 0.25) is 0 Å². The van der Waals surface area contributed by atoms with Crippen molar-refractivity contribution in [2.24, 2.45) is 0 Å². The molecule has 6 nitrogen and oxygen atoms in total. The van der Waals surface area contributed by atoms with Crippen molar-refractivity contribution in [2.45, 2.75) is 31.7 Å². The number of likely N-dealkylation sites (tertiary alicyclic amines) is 1. The highest BCUT2D eigenvalue weighted by molar-refractivity contribution is 5.98. The SMILES string of the molecule is COC(=O)[C@@H]1CCCN1C(=O)CCC(=O)c1ccc(Oc2ccccc2)cc1. The fourth-order valence-electron chi connectivity index (χ4n) is 3.29. The molecule has 1 saturated heterocycles. The first kappa shape index (κ1) is 19.6. The standard InChI is InChI=1S/C22H23NO5/c1-27-22(26)19-8-5-15-23(19)21(25)14-13-20(24)16-9-11-18(12-10-16)28-17-6-3-2-4-7-17/h2-4,6-7,9-12,19H,5,8,13-15H2,1H3/t19-/m0/s1. The molecule has 1 amide bonds. The molecule has 0 radical (unpaired) electrons. The molecule has 28 heavy (non-hydrogen) atoms. The van der Waals surface area contributed by atoms with Crippen molar-refractivity contribution >= 4 is 17.7 Å². The Morgan fingerprint density at radius 3 is 2.32 bits per heavy atom. The van der Waals surface area contributed by atoms with Gasteiger partial charge in [0.15, 0.2) is 5.78 Å². The molecule has 1 heterocycles. The number of hydrogen-bond acceptors (Lipinski definition) is 5. The predicted molar refractivity (Wildman–Crippen MR) is 103 cm³/mol. The van der Waals surface area contributed by atoms with Crippen molar-refractivity contribution in [3.05, 3.63) is 60.2 Å². The first-order valence-corrected chi connectivity index (χ1v) is 9.32. The fraction of sp³-hybridized carbons (Fsp3) is 0.318. The molecule has 1 aliphatic heterocycles. The number of carbonyl (C=O) groups is 3.